The fraction of sp³-hybridized carbons (Fsp3) is 0.261. The second-order valence-electron chi connectivity index (χ2n) is 7.69. The molecule has 2 heterocycles. The van der Waals surface area contributed by atoms with Crippen molar-refractivity contribution in [3.63, 3.8) is 0 Å². The van der Waals surface area contributed by atoms with Gasteiger partial charge in [-0.2, -0.15) is 31.3 Å². The Kier molecular flexibility index (Phi) is 6.41. The van der Waals surface area contributed by atoms with E-state index in [4.69, 9.17) is 4.52 Å². The summed E-state index contributed by atoms with van der Waals surface area (Å²) in [7, 11) is 1.26. The maximum atomic E-state index is 13.6. The third-order valence-electron chi connectivity index (χ3n) is 5.30. The van der Waals surface area contributed by atoms with Gasteiger partial charge < -0.3 is 18.6 Å². The van der Waals surface area contributed by atoms with Gasteiger partial charge in [-0.05, 0) is 37.3 Å². The number of benzene rings is 2. The highest BCUT2D eigenvalue weighted by Crippen LogP contribution is 2.40. The Morgan fingerprint density at radius 3 is 2.53 bits per heavy atom. The predicted molar refractivity (Wildman–Crippen MR) is 114 cm³/mol. The fourth-order valence-corrected chi connectivity index (χ4v) is 3.45. The summed E-state index contributed by atoms with van der Waals surface area (Å²) in [5, 5.41) is 4.49. The van der Waals surface area contributed by atoms with Gasteiger partial charge >= 0.3 is 18.3 Å². The van der Waals surface area contributed by atoms with Gasteiger partial charge in [0.15, 0.2) is 6.10 Å². The molecular weight excluding hydrogens is 496 g/mol. The van der Waals surface area contributed by atoms with Gasteiger partial charge in [0.25, 0.3) is 5.89 Å². The molecule has 7 nitrogen and oxygen atoms in total. The molecule has 2 aromatic heterocycles. The minimum atomic E-state index is -5.01. The van der Waals surface area contributed by atoms with Crippen LogP contribution in [0.5, 0.6) is 5.75 Å². The van der Waals surface area contributed by atoms with E-state index in [9.17, 15) is 31.1 Å². The van der Waals surface area contributed by atoms with Gasteiger partial charge in [-0.1, -0.05) is 17.3 Å². The highest BCUT2D eigenvalue weighted by Gasteiger charge is 2.41. The topological polar surface area (TPSA) is 79.4 Å². The van der Waals surface area contributed by atoms with Crippen LogP contribution in [0.25, 0.3) is 33.7 Å². The van der Waals surface area contributed by atoms with E-state index in [-0.39, 0.29) is 23.8 Å². The first-order chi connectivity index (χ1) is 16.9. The zero-order chi connectivity index (χ0) is 26.3. The summed E-state index contributed by atoms with van der Waals surface area (Å²) in [6.07, 6.45) is -10.7. The van der Waals surface area contributed by atoms with Crippen molar-refractivity contribution in [2.75, 3.05) is 7.11 Å². The lowest BCUT2D eigenvalue weighted by Crippen LogP contribution is -2.31. The first kappa shape index (κ1) is 25.1. The van der Waals surface area contributed by atoms with Gasteiger partial charge in [-0.15, -0.1) is 0 Å². The van der Waals surface area contributed by atoms with Crippen LogP contribution < -0.4 is 4.74 Å². The third kappa shape index (κ3) is 4.99. The summed E-state index contributed by atoms with van der Waals surface area (Å²) in [6.45, 7) is 0.569. The molecule has 0 fully saturated rings. The molecule has 0 spiro atoms. The zero-order valence-electron chi connectivity index (χ0n) is 18.6. The Bertz CT molecular complexity index is 1410. The smallest absolute Gasteiger partial charge is 0.425 e. The molecule has 190 valence electrons. The van der Waals surface area contributed by atoms with Gasteiger partial charge in [-0.3, -0.25) is 4.79 Å². The van der Waals surface area contributed by atoms with Crippen LogP contribution in [0.1, 0.15) is 12.5 Å². The van der Waals surface area contributed by atoms with E-state index in [1.54, 1.807) is 35.0 Å². The quantitative estimate of drug-likeness (QED) is 0.237. The molecule has 0 saturated heterocycles. The number of nitrogens with zero attached hydrogens (tertiary/aromatic N) is 3. The lowest BCUT2D eigenvalue weighted by atomic mass is 10.1. The largest absolute Gasteiger partial charge is 0.481 e. The van der Waals surface area contributed by atoms with Crippen molar-refractivity contribution in [1.29, 1.82) is 0 Å². The van der Waals surface area contributed by atoms with Crippen molar-refractivity contribution >= 4 is 16.9 Å². The van der Waals surface area contributed by atoms with Crippen LogP contribution >= 0.6 is 0 Å². The summed E-state index contributed by atoms with van der Waals surface area (Å²) in [4.78, 5) is 15.8. The molecule has 0 N–H and O–H groups in total. The molecule has 4 aromatic rings. The number of methoxy groups -OCH3 is 1. The van der Waals surface area contributed by atoms with E-state index in [0.29, 0.717) is 29.5 Å². The number of carbonyl (C=O) groups is 1. The Balaban J connectivity index is 1.69. The van der Waals surface area contributed by atoms with Crippen LogP contribution in [0.2, 0.25) is 0 Å². The molecule has 0 aliphatic heterocycles. The highest BCUT2D eigenvalue weighted by atomic mass is 19.4. The number of hydrogen-bond acceptors (Lipinski definition) is 6. The van der Waals surface area contributed by atoms with Crippen molar-refractivity contribution in [1.82, 2.24) is 14.7 Å². The number of fused-ring (bicyclic) bond motifs is 1. The minimum Gasteiger partial charge on any atom is -0.481 e. The summed E-state index contributed by atoms with van der Waals surface area (Å²) < 4.78 is 95.2. The van der Waals surface area contributed by atoms with Crippen LogP contribution in [0.4, 0.5) is 26.3 Å². The standard InChI is InChI=1S/C23H17F6N3O4/c1-12(22(24,25)26)35-18-7-6-13(10-16(18)23(27,28)29)21-30-20(31-36-21)15-4-3-5-17-14(15)8-9-32(17)11-19(33)34-2/h3-10,12H,11H2,1-2H3/t12-/m0/s1. The lowest BCUT2D eigenvalue weighted by Gasteiger charge is -2.20. The Hall–Kier alpha value is -4.03. The molecule has 13 heteroatoms. The van der Waals surface area contributed by atoms with Crippen molar-refractivity contribution in [3.05, 3.63) is 54.2 Å². The number of aromatic nitrogens is 3. The number of carbonyl (C=O) groups excluding carboxylic acids is 1. The number of hydrogen-bond donors (Lipinski definition) is 0. The normalized spacial score (nSPS) is 13.1. The van der Waals surface area contributed by atoms with Crippen LogP contribution in [-0.4, -0.2) is 40.1 Å². The van der Waals surface area contributed by atoms with Crippen LogP contribution in [0.15, 0.2) is 53.2 Å². The first-order valence-corrected chi connectivity index (χ1v) is 10.3. The van der Waals surface area contributed by atoms with Crippen molar-refractivity contribution in [2.45, 2.75) is 31.9 Å². The molecule has 0 amide bonds. The van der Waals surface area contributed by atoms with Gasteiger partial charge in [0.2, 0.25) is 5.82 Å². The Labute approximate surface area is 199 Å². The zero-order valence-corrected chi connectivity index (χ0v) is 18.6. The molecule has 1 atom stereocenters. The van der Waals surface area contributed by atoms with Crippen LogP contribution in [-0.2, 0) is 22.3 Å². The summed E-state index contributed by atoms with van der Waals surface area (Å²) in [5.41, 5.74) is -0.439. The number of rotatable bonds is 6. The Morgan fingerprint density at radius 1 is 1.11 bits per heavy atom. The lowest BCUT2D eigenvalue weighted by molar-refractivity contribution is -0.191. The van der Waals surface area contributed by atoms with Gasteiger partial charge in [-0.25, -0.2) is 0 Å². The molecular formula is C23H17F6N3O4. The summed E-state index contributed by atoms with van der Waals surface area (Å²) in [5.74, 6) is -1.66. The highest BCUT2D eigenvalue weighted by molar-refractivity contribution is 5.94. The van der Waals surface area contributed by atoms with E-state index in [1.807, 2.05) is 0 Å². The molecule has 36 heavy (non-hydrogen) atoms. The van der Waals surface area contributed by atoms with Gasteiger partial charge in [0.05, 0.1) is 12.7 Å². The molecule has 0 bridgehead atoms. The van der Waals surface area contributed by atoms with Crippen molar-refractivity contribution < 1.29 is 45.1 Å². The maximum Gasteiger partial charge on any atom is 0.425 e. The van der Waals surface area contributed by atoms with E-state index < -0.39 is 35.7 Å². The number of esters is 1. The molecule has 0 unspecified atom stereocenters. The average Bonchev–Trinajstić information content (AvgIpc) is 3.45. The second-order valence-corrected chi connectivity index (χ2v) is 7.69. The number of alkyl halides is 6. The Morgan fingerprint density at radius 2 is 1.86 bits per heavy atom. The third-order valence-corrected chi connectivity index (χ3v) is 5.30. The van der Waals surface area contributed by atoms with Crippen LogP contribution in [0, 0.1) is 0 Å². The second kappa shape index (κ2) is 9.21. The summed E-state index contributed by atoms with van der Waals surface area (Å²) in [6, 6.07) is 9.26. The minimum absolute atomic E-state index is 0.0391. The number of ether oxygens (including phenoxy) is 2. The predicted octanol–water partition coefficient (Wildman–Crippen LogP) is 5.88. The van der Waals surface area contributed by atoms with Crippen molar-refractivity contribution in [3.8, 4) is 28.6 Å². The SMILES string of the molecule is COC(=O)Cn1ccc2c(-c3noc(-c4ccc(O[C@@H](C)C(F)(F)F)c(C(F)(F)F)c4)n3)cccc21. The summed E-state index contributed by atoms with van der Waals surface area (Å²) >= 11 is 0. The fourth-order valence-electron chi connectivity index (χ4n) is 3.45. The maximum absolute atomic E-state index is 13.6. The molecule has 4 rings (SSSR count). The van der Waals surface area contributed by atoms with E-state index >= 15 is 0 Å². The molecule has 0 saturated carbocycles. The molecule has 0 radical (unpaired) electrons. The van der Waals surface area contributed by atoms with Gasteiger partial charge in [0, 0.05) is 28.2 Å². The average molecular weight is 513 g/mol. The van der Waals surface area contributed by atoms with Crippen LogP contribution in [0.3, 0.4) is 0 Å². The van der Waals surface area contributed by atoms with E-state index in [2.05, 4.69) is 19.6 Å². The van der Waals surface area contributed by atoms with Crippen molar-refractivity contribution in [2.24, 2.45) is 0 Å². The monoisotopic (exact) mass is 513 g/mol. The van der Waals surface area contributed by atoms with E-state index in [0.717, 1.165) is 12.1 Å². The van der Waals surface area contributed by atoms with E-state index in [1.165, 1.54) is 7.11 Å². The molecule has 2 aromatic carbocycles. The molecule has 0 aliphatic rings. The molecule has 0 aliphatic carbocycles. The van der Waals surface area contributed by atoms with Gasteiger partial charge in [0.1, 0.15) is 12.3 Å². The first-order valence-electron chi connectivity index (χ1n) is 10.3. The number of halogens is 6.